The number of nitrogens with two attached hydrogens (primary N) is 2. The molecule has 316 valence electrons. The van der Waals surface area contributed by atoms with Crippen LogP contribution in [0.4, 0.5) is 10.9 Å². The molecule has 3 aromatic rings. The maximum absolute atomic E-state index is 11.4. The fourth-order valence-corrected chi connectivity index (χ4v) is 8.68. The molecule has 2 aliphatic heterocycles. The number of aryl methyl sites for hydroxylation is 1. The molecule has 6 rings (SSSR count). The van der Waals surface area contributed by atoms with Gasteiger partial charge in [-0.05, 0) is 95.5 Å². The minimum absolute atomic E-state index is 0.105. The molecule has 1 saturated heterocycles. The van der Waals surface area contributed by atoms with Gasteiger partial charge in [-0.3, -0.25) is 4.79 Å². The van der Waals surface area contributed by atoms with E-state index in [1.807, 2.05) is 56.3 Å². The summed E-state index contributed by atoms with van der Waals surface area (Å²) in [5.41, 5.74) is 14.9. The van der Waals surface area contributed by atoms with E-state index < -0.39 is 11.5 Å². The number of ether oxygens (including phenoxy) is 3. The van der Waals surface area contributed by atoms with Crippen molar-refractivity contribution in [2.24, 2.45) is 26.9 Å². The molecule has 1 aliphatic carbocycles. The molecule has 1 fully saturated rings. The largest absolute Gasteiger partial charge is 0.483 e. The van der Waals surface area contributed by atoms with E-state index in [4.69, 9.17) is 35.7 Å². The van der Waals surface area contributed by atoms with E-state index in [-0.39, 0.29) is 17.9 Å². The van der Waals surface area contributed by atoms with Crippen LogP contribution in [0.5, 0.6) is 0 Å². The summed E-state index contributed by atoms with van der Waals surface area (Å²) in [6.45, 7) is 17.9. The molecule has 14 nitrogen and oxygen atoms in total. The Morgan fingerprint density at radius 2 is 1.98 bits per heavy atom. The Morgan fingerprint density at radius 3 is 2.69 bits per heavy atom. The first-order valence-corrected chi connectivity index (χ1v) is 21.4. The SMILES string of the molecule is C=C(N=C(OC)[C@@]1(C)CCCc2sc(N)c(C#N)c21)c1ccnc(N2CCCN(CCCCOC3=CCCN=N3)C[C@@H]2C)n1.CC(C)C(N)C(=O)OCc1ccccc1. The lowest BCUT2D eigenvalue weighted by molar-refractivity contribution is -0.147. The average molecular weight is 825 g/mol. The third-order valence-corrected chi connectivity index (χ3v) is 11.9. The zero-order valence-corrected chi connectivity index (χ0v) is 36.0. The smallest absolute Gasteiger partial charge is 0.323 e. The number of aliphatic imine (C=N–C) groups is 1. The van der Waals surface area contributed by atoms with Gasteiger partial charge in [-0.1, -0.05) is 50.8 Å². The van der Waals surface area contributed by atoms with Crippen LogP contribution >= 0.6 is 11.3 Å². The lowest BCUT2D eigenvalue weighted by Gasteiger charge is -2.34. The molecule has 4 heterocycles. The van der Waals surface area contributed by atoms with Crippen molar-refractivity contribution in [3.05, 3.63) is 88.4 Å². The number of hydrogen-bond acceptors (Lipinski definition) is 15. The number of hydrogen-bond donors (Lipinski definition) is 2. The molecule has 4 N–H and O–H groups in total. The molecule has 3 aliphatic rings. The van der Waals surface area contributed by atoms with E-state index in [2.05, 4.69) is 51.5 Å². The standard InChI is InChI=1S/C32H43N9O2S.C12H17NO2/c1-22-21-40(16-5-6-19-43-27-11-8-14-36-39-27)17-9-18-41(22)31-35-15-12-25(38-31)23(2)37-30(42-4)32(3)13-7-10-26-28(32)24(20-33)29(34)44-26;1-9(2)11(13)12(14)15-8-10-6-4-3-5-7-10/h11-12,15,22H,2,5-10,13-14,16-19,21,34H2,1,3-4H3;3-7,9,11H,8,13H2,1-2H3/t22-,32-;/m0./s1. The van der Waals surface area contributed by atoms with Crippen LogP contribution < -0.4 is 16.4 Å². The number of methoxy groups -OCH3 is 1. The van der Waals surface area contributed by atoms with Gasteiger partial charge in [0.15, 0.2) is 5.90 Å². The van der Waals surface area contributed by atoms with Crippen molar-refractivity contribution in [2.45, 2.75) is 96.7 Å². The molecule has 59 heavy (non-hydrogen) atoms. The maximum atomic E-state index is 11.4. The summed E-state index contributed by atoms with van der Waals surface area (Å²) >= 11 is 1.50. The van der Waals surface area contributed by atoms with Crippen LogP contribution in [0.1, 0.15) is 93.5 Å². The van der Waals surface area contributed by atoms with Gasteiger partial charge in [0, 0.05) is 35.8 Å². The summed E-state index contributed by atoms with van der Waals surface area (Å²) in [7, 11) is 1.62. The minimum atomic E-state index is -0.576. The van der Waals surface area contributed by atoms with E-state index >= 15 is 0 Å². The van der Waals surface area contributed by atoms with Gasteiger partial charge < -0.3 is 35.5 Å². The second kappa shape index (κ2) is 21.7. The second-order valence-electron chi connectivity index (χ2n) is 15.7. The number of nitrogens with zero attached hydrogens (tertiary/aromatic N) is 8. The number of nitrogen functional groups attached to an aromatic ring is 1. The lowest BCUT2D eigenvalue weighted by atomic mass is 9.72. The Hall–Kier alpha value is -5.17. The number of benzene rings is 1. The molecule has 2 aromatic heterocycles. The number of azo groups is 1. The van der Waals surface area contributed by atoms with Gasteiger partial charge in [-0.15, -0.1) is 16.5 Å². The van der Waals surface area contributed by atoms with Gasteiger partial charge in [-0.25, -0.2) is 15.0 Å². The van der Waals surface area contributed by atoms with E-state index in [0.29, 0.717) is 52.9 Å². The molecule has 0 spiro atoms. The number of esters is 1. The minimum Gasteiger partial charge on any atom is -0.483 e. The number of carbonyl (C=O) groups excluding carboxylic acids is 1. The Balaban J connectivity index is 0.000000372. The molecule has 0 amide bonds. The summed E-state index contributed by atoms with van der Waals surface area (Å²) < 4.78 is 16.7. The zero-order chi connectivity index (χ0) is 42.4. The fourth-order valence-electron chi connectivity index (χ4n) is 7.49. The van der Waals surface area contributed by atoms with Crippen molar-refractivity contribution < 1.29 is 19.0 Å². The van der Waals surface area contributed by atoms with Crippen LogP contribution in [-0.2, 0) is 37.4 Å². The Kier molecular flexibility index (Phi) is 16.5. The number of aromatic nitrogens is 2. The predicted octanol–water partition coefficient (Wildman–Crippen LogP) is 7.41. The van der Waals surface area contributed by atoms with Gasteiger partial charge >= 0.3 is 5.97 Å². The number of anilines is 2. The first-order valence-electron chi connectivity index (χ1n) is 20.6. The van der Waals surface area contributed by atoms with Gasteiger partial charge in [0.1, 0.15) is 23.7 Å². The molecular weight excluding hydrogens is 765 g/mol. The van der Waals surface area contributed by atoms with Gasteiger partial charge in [0.05, 0.1) is 42.6 Å². The van der Waals surface area contributed by atoms with E-state index in [9.17, 15) is 10.1 Å². The molecular formula is C44H60N10O4S. The molecule has 0 saturated carbocycles. The summed E-state index contributed by atoms with van der Waals surface area (Å²) in [6.07, 6.45) is 10.4. The number of carbonyl (C=O) groups is 1. The highest BCUT2D eigenvalue weighted by Crippen LogP contribution is 2.46. The predicted molar refractivity (Wildman–Crippen MR) is 234 cm³/mol. The second-order valence-corrected chi connectivity index (χ2v) is 16.8. The van der Waals surface area contributed by atoms with Crippen molar-refractivity contribution in [1.29, 1.82) is 5.26 Å². The third kappa shape index (κ3) is 12.0. The van der Waals surface area contributed by atoms with Crippen LogP contribution in [0.3, 0.4) is 0 Å². The van der Waals surface area contributed by atoms with Crippen molar-refractivity contribution in [3.63, 3.8) is 0 Å². The lowest BCUT2D eigenvalue weighted by Crippen LogP contribution is -2.40. The number of nitriles is 1. The van der Waals surface area contributed by atoms with Crippen molar-refractivity contribution >= 4 is 39.9 Å². The van der Waals surface area contributed by atoms with Crippen LogP contribution in [0, 0.1) is 17.2 Å². The van der Waals surface area contributed by atoms with Crippen molar-refractivity contribution in [3.8, 4) is 6.07 Å². The van der Waals surface area contributed by atoms with Crippen LogP contribution in [0.15, 0.2) is 76.4 Å². The van der Waals surface area contributed by atoms with Crippen molar-refractivity contribution in [2.75, 3.05) is 57.1 Å². The van der Waals surface area contributed by atoms with Gasteiger partial charge in [0.25, 0.3) is 0 Å². The summed E-state index contributed by atoms with van der Waals surface area (Å²) in [5.74, 6) is 1.62. The van der Waals surface area contributed by atoms with E-state index in [0.717, 1.165) is 93.7 Å². The molecule has 3 atom stereocenters. The summed E-state index contributed by atoms with van der Waals surface area (Å²) in [5, 5.41) is 18.5. The third-order valence-electron chi connectivity index (χ3n) is 10.8. The fraction of sp³-hybridized carbons (Fsp3) is 0.523. The molecule has 1 aromatic carbocycles. The van der Waals surface area contributed by atoms with Crippen molar-refractivity contribution in [1.82, 2.24) is 14.9 Å². The van der Waals surface area contributed by atoms with Gasteiger partial charge in [-0.2, -0.15) is 10.4 Å². The monoisotopic (exact) mass is 824 g/mol. The highest BCUT2D eigenvalue weighted by Gasteiger charge is 2.42. The number of unbranched alkanes of at least 4 members (excludes halogenated alkanes) is 1. The Morgan fingerprint density at radius 1 is 1.19 bits per heavy atom. The highest BCUT2D eigenvalue weighted by atomic mass is 32.1. The zero-order valence-electron chi connectivity index (χ0n) is 35.2. The normalized spacial score (nSPS) is 20.0. The van der Waals surface area contributed by atoms with Crippen LogP contribution in [-0.4, -0.2) is 85.3 Å². The average Bonchev–Trinajstić information content (AvgIpc) is 3.47. The van der Waals surface area contributed by atoms with Gasteiger partial charge in [0.2, 0.25) is 11.8 Å². The first-order chi connectivity index (χ1) is 28.4. The van der Waals surface area contributed by atoms with E-state index in [1.54, 1.807) is 13.3 Å². The van der Waals surface area contributed by atoms with Crippen LogP contribution in [0.2, 0.25) is 0 Å². The maximum Gasteiger partial charge on any atom is 0.323 e. The quantitative estimate of drug-likeness (QED) is 0.0713. The number of fused-ring (bicyclic) bond motifs is 1. The Bertz CT molecular complexity index is 2010. The molecule has 15 heteroatoms. The highest BCUT2D eigenvalue weighted by molar-refractivity contribution is 7.16. The topological polar surface area (TPSA) is 190 Å². The van der Waals surface area contributed by atoms with E-state index in [1.165, 1.54) is 11.3 Å². The molecule has 1 unspecified atom stereocenters. The summed E-state index contributed by atoms with van der Waals surface area (Å²) in [4.78, 5) is 31.8. The number of thiophene rings is 1. The molecule has 0 bridgehead atoms. The number of rotatable bonds is 14. The first kappa shape index (κ1) is 44.9. The molecule has 0 radical (unpaired) electrons. The summed E-state index contributed by atoms with van der Waals surface area (Å²) in [6, 6.07) is 13.4. The van der Waals surface area contributed by atoms with Crippen LogP contribution in [0.25, 0.3) is 5.70 Å². The Labute approximate surface area is 353 Å².